The number of nitrogen functional groups attached to an aromatic ring is 1. The van der Waals surface area contributed by atoms with Gasteiger partial charge in [0.05, 0.1) is 33.8 Å². The van der Waals surface area contributed by atoms with Gasteiger partial charge in [-0.15, -0.1) is 0 Å². The predicted molar refractivity (Wildman–Crippen MR) is 160 cm³/mol. The molecule has 3 aromatic heterocycles. The maximum atomic E-state index is 13.8. The number of fused-ring (bicyclic) bond motifs is 1. The van der Waals surface area contributed by atoms with Crippen LogP contribution < -0.4 is 16.6 Å². The molecular weight excluding hydrogens is 526 g/mol. The number of pyridine rings is 1. The van der Waals surface area contributed by atoms with Crippen LogP contribution in [0, 0.1) is 11.8 Å². The molecule has 0 saturated heterocycles. The Morgan fingerprint density at radius 3 is 2.67 bits per heavy atom. The molecule has 2 unspecified atom stereocenters. The molecule has 0 aliphatic carbocycles. The van der Waals surface area contributed by atoms with Crippen LogP contribution in [0.25, 0.3) is 16.6 Å². The fourth-order valence-corrected chi connectivity index (χ4v) is 4.36. The standard InChI is InChI=1S/C30H30ClN7O2/c1-5-7-11-21(6-2)38-29(37-25-14-9-12-23(31)26(25)30(38)40)18(3)35-28-22(27(32)33-17-34-28)16-15-20-10-8-13-24(36-20)19(4)39/h5,7-14,17-19,39H,6H2,1-4H3,(H3,32,33,34,35)/b7-5-,21-11+. The van der Waals surface area contributed by atoms with E-state index in [-0.39, 0.29) is 11.4 Å². The quantitative estimate of drug-likeness (QED) is 0.207. The predicted octanol–water partition coefficient (Wildman–Crippen LogP) is 5.27. The van der Waals surface area contributed by atoms with Gasteiger partial charge in [0.15, 0.2) is 0 Å². The summed E-state index contributed by atoms with van der Waals surface area (Å²) in [6.45, 7) is 7.39. The number of allylic oxidation sites excluding steroid dienone is 4. The summed E-state index contributed by atoms with van der Waals surface area (Å²) in [6.07, 6.45) is 6.86. The molecule has 0 amide bonds. The summed E-state index contributed by atoms with van der Waals surface area (Å²) in [5.74, 6) is 7.02. The first kappa shape index (κ1) is 28.5. The van der Waals surface area contributed by atoms with E-state index in [2.05, 4.69) is 32.1 Å². The van der Waals surface area contributed by atoms with Crippen molar-refractivity contribution >= 4 is 39.8 Å². The fourth-order valence-electron chi connectivity index (χ4n) is 4.11. The molecule has 2 atom stereocenters. The molecule has 9 nitrogen and oxygen atoms in total. The van der Waals surface area contributed by atoms with E-state index in [1.807, 2.05) is 39.0 Å². The second-order valence-corrected chi connectivity index (χ2v) is 9.41. The highest BCUT2D eigenvalue weighted by Crippen LogP contribution is 2.26. The van der Waals surface area contributed by atoms with Gasteiger partial charge in [-0.05, 0) is 63.5 Å². The van der Waals surface area contributed by atoms with Crippen molar-refractivity contribution in [2.45, 2.75) is 46.3 Å². The number of halogens is 1. The largest absolute Gasteiger partial charge is 0.387 e. The lowest BCUT2D eigenvalue weighted by Crippen LogP contribution is -2.28. The molecule has 40 heavy (non-hydrogen) atoms. The first-order chi connectivity index (χ1) is 19.2. The number of rotatable bonds is 7. The average molecular weight is 556 g/mol. The van der Waals surface area contributed by atoms with Crippen molar-refractivity contribution < 1.29 is 5.11 Å². The van der Waals surface area contributed by atoms with Gasteiger partial charge in [0, 0.05) is 5.70 Å². The van der Waals surface area contributed by atoms with Crippen LogP contribution in [-0.4, -0.2) is 29.6 Å². The first-order valence-corrected chi connectivity index (χ1v) is 13.2. The normalized spacial score (nSPS) is 13.2. The van der Waals surface area contributed by atoms with Gasteiger partial charge in [0.2, 0.25) is 0 Å². The summed E-state index contributed by atoms with van der Waals surface area (Å²) in [5, 5.41) is 13.9. The Bertz CT molecular complexity index is 1730. The van der Waals surface area contributed by atoms with E-state index in [0.29, 0.717) is 50.9 Å². The third kappa shape index (κ3) is 6.04. The number of anilines is 2. The summed E-state index contributed by atoms with van der Waals surface area (Å²) in [5.41, 5.74) is 8.52. The van der Waals surface area contributed by atoms with Crippen LogP contribution >= 0.6 is 11.6 Å². The molecule has 0 fully saturated rings. The Hall–Kier alpha value is -4.52. The second-order valence-electron chi connectivity index (χ2n) is 9.00. The molecule has 4 aromatic rings. The highest BCUT2D eigenvalue weighted by atomic mass is 35.5. The van der Waals surface area contributed by atoms with E-state index in [0.717, 1.165) is 5.70 Å². The summed E-state index contributed by atoms with van der Waals surface area (Å²) in [7, 11) is 0. The monoisotopic (exact) mass is 555 g/mol. The van der Waals surface area contributed by atoms with Crippen LogP contribution in [0.5, 0.6) is 0 Å². The molecule has 1 aromatic carbocycles. The van der Waals surface area contributed by atoms with Crippen LogP contribution in [0.15, 0.2) is 65.7 Å². The van der Waals surface area contributed by atoms with Gasteiger partial charge in [0.1, 0.15) is 35.0 Å². The summed E-state index contributed by atoms with van der Waals surface area (Å²) >= 11 is 6.43. The number of aliphatic hydroxyl groups is 1. The third-order valence-electron chi connectivity index (χ3n) is 6.13. The Morgan fingerprint density at radius 1 is 1.18 bits per heavy atom. The first-order valence-electron chi connectivity index (χ1n) is 12.8. The Kier molecular flexibility index (Phi) is 8.94. The van der Waals surface area contributed by atoms with Crippen molar-refractivity contribution in [3.05, 3.63) is 99.1 Å². The number of nitrogens with one attached hydrogen (secondary N) is 1. The van der Waals surface area contributed by atoms with E-state index in [1.54, 1.807) is 47.9 Å². The molecule has 10 heteroatoms. The number of hydrogen-bond donors (Lipinski definition) is 3. The van der Waals surface area contributed by atoms with Crippen LogP contribution in [0.4, 0.5) is 11.6 Å². The van der Waals surface area contributed by atoms with E-state index in [4.69, 9.17) is 22.3 Å². The number of nitrogens with zero attached hydrogens (tertiary/aromatic N) is 5. The van der Waals surface area contributed by atoms with Crippen molar-refractivity contribution in [1.29, 1.82) is 0 Å². The van der Waals surface area contributed by atoms with E-state index in [1.165, 1.54) is 6.33 Å². The van der Waals surface area contributed by atoms with Gasteiger partial charge in [-0.2, -0.15) is 0 Å². The number of aliphatic hydroxyl groups excluding tert-OH is 1. The van der Waals surface area contributed by atoms with Gasteiger partial charge in [-0.1, -0.05) is 48.7 Å². The van der Waals surface area contributed by atoms with Crippen molar-refractivity contribution in [2.24, 2.45) is 0 Å². The van der Waals surface area contributed by atoms with Crippen LogP contribution in [-0.2, 0) is 0 Å². The van der Waals surface area contributed by atoms with Crippen molar-refractivity contribution in [2.75, 3.05) is 11.1 Å². The van der Waals surface area contributed by atoms with Crippen molar-refractivity contribution in [3.63, 3.8) is 0 Å². The zero-order chi connectivity index (χ0) is 28.8. The lowest BCUT2D eigenvalue weighted by Gasteiger charge is -2.22. The fraction of sp³-hybridized carbons (Fsp3) is 0.233. The molecule has 0 aliphatic rings. The molecule has 0 aliphatic heterocycles. The molecule has 0 radical (unpaired) electrons. The number of nitrogens with two attached hydrogens (primary N) is 1. The topological polar surface area (TPSA) is 132 Å². The lowest BCUT2D eigenvalue weighted by molar-refractivity contribution is 0.194. The Morgan fingerprint density at radius 2 is 1.95 bits per heavy atom. The Balaban J connectivity index is 1.82. The zero-order valence-corrected chi connectivity index (χ0v) is 23.4. The number of hydrogen-bond acceptors (Lipinski definition) is 8. The number of benzene rings is 1. The molecule has 3 heterocycles. The van der Waals surface area contributed by atoms with E-state index < -0.39 is 12.1 Å². The van der Waals surface area contributed by atoms with Gasteiger partial charge in [-0.25, -0.2) is 19.9 Å². The van der Waals surface area contributed by atoms with E-state index >= 15 is 0 Å². The molecule has 204 valence electrons. The van der Waals surface area contributed by atoms with Crippen molar-refractivity contribution in [3.8, 4) is 11.8 Å². The molecular formula is C30H30ClN7O2. The molecule has 4 rings (SSSR count). The SMILES string of the molecule is C/C=C\C=C(/CC)n1c(C(C)Nc2ncnc(N)c2C#Cc2cccc(C(C)O)n2)nc2cccc(Cl)c2c1=O. The van der Waals surface area contributed by atoms with Crippen LogP contribution in [0.3, 0.4) is 0 Å². The molecule has 0 saturated carbocycles. The molecule has 4 N–H and O–H groups in total. The smallest absolute Gasteiger partial charge is 0.267 e. The van der Waals surface area contributed by atoms with Gasteiger partial charge in [-0.3, -0.25) is 9.36 Å². The number of aromatic nitrogens is 5. The van der Waals surface area contributed by atoms with Gasteiger partial charge >= 0.3 is 0 Å². The Labute approximate surface area is 237 Å². The van der Waals surface area contributed by atoms with Gasteiger partial charge < -0.3 is 16.2 Å². The average Bonchev–Trinajstić information content (AvgIpc) is 2.94. The minimum absolute atomic E-state index is 0.182. The minimum Gasteiger partial charge on any atom is -0.387 e. The summed E-state index contributed by atoms with van der Waals surface area (Å²) in [4.78, 5) is 31.5. The van der Waals surface area contributed by atoms with Crippen molar-refractivity contribution in [1.82, 2.24) is 24.5 Å². The third-order valence-corrected chi connectivity index (χ3v) is 6.45. The van der Waals surface area contributed by atoms with Crippen LogP contribution in [0.1, 0.15) is 69.0 Å². The van der Waals surface area contributed by atoms with Crippen LogP contribution in [0.2, 0.25) is 5.02 Å². The van der Waals surface area contributed by atoms with Gasteiger partial charge in [0.25, 0.3) is 5.56 Å². The minimum atomic E-state index is -0.721. The molecule has 0 spiro atoms. The maximum Gasteiger partial charge on any atom is 0.267 e. The summed E-state index contributed by atoms with van der Waals surface area (Å²) < 4.78 is 1.59. The van der Waals surface area contributed by atoms with E-state index in [9.17, 15) is 9.90 Å². The highest BCUT2D eigenvalue weighted by molar-refractivity contribution is 6.35. The summed E-state index contributed by atoms with van der Waals surface area (Å²) in [6, 6.07) is 9.94. The highest BCUT2D eigenvalue weighted by Gasteiger charge is 2.21. The zero-order valence-electron chi connectivity index (χ0n) is 22.7. The lowest BCUT2D eigenvalue weighted by atomic mass is 10.1. The maximum absolute atomic E-state index is 13.8. The molecule has 0 bridgehead atoms. The second kappa shape index (κ2) is 12.6.